The highest BCUT2D eigenvalue weighted by atomic mass is 16.3. The van der Waals surface area contributed by atoms with Crippen LogP contribution in [-0.4, -0.2) is 30.0 Å². The lowest BCUT2D eigenvalue weighted by atomic mass is 9.93. The summed E-state index contributed by atoms with van der Waals surface area (Å²) in [6.07, 6.45) is 0. The molecule has 0 heterocycles. The number of aliphatic hydroxyl groups is 2. The second-order valence-corrected chi connectivity index (χ2v) is 4.59. The van der Waals surface area contributed by atoms with E-state index in [2.05, 4.69) is 11.4 Å². The number of anilines is 1. The molecule has 4 nitrogen and oxygen atoms in total. The van der Waals surface area contributed by atoms with Crippen molar-refractivity contribution in [2.24, 2.45) is 5.41 Å². The van der Waals surface area contributed by atoms with E-state index in [1.165, 1.54) is 0 Å². The Hall–Kier alpha value is -1.57. The Bertz CT molecular complexity index is 420. The molecule has 1 aromatic carbocycles. The zero-order valence-electron chi connectivity index (χ0n) is 10.2. The maximum Gasteiger partial charge on any atom is 0.102 e. The zero-order chi connectivity index (χ0) is 12.9. The van der Waals surface area contributed by atoms with Gasteiger partial charge in [0.1, 0.15) is 6.07 Å². The Kier molecular flexibility index (Phi) is 4.50. The van der Waals surface area contributed by atoms with Crippen LogP contribution in [0.25, 0.3) is 0 Å². The molecular weight excluding hydrogens is 216 g/mol. The van der Waals surface area contributed by atoms with Crippen molar-refractivity contribution >= 4 is 5.69 Å². The first-order valence-corrected chi connectivity index (χ1v) is 5.51. The van der Waals surface area contributed by atoms with Crippen molar-refractivity contribution < 1.29 is 10.2 Å². The molecule has 0 saturated carbocycles. The minimum Gasteiger partial charge on any atom is -0.396 e. The Morgan fingerprint density at radius 1 is 1.35 bits per heavy atom. The fourth-order valence-corrected chi connectivity index (χ4v) is 1.43. The van der Waals surface area contributed by atoms with Gasteiger partial charge in [-0.2, -0.15) is 5.26 Å². The van der Waals surface area contributed by atoms with Crippen LogP contribution in [0.4, 0.5) is 5.69 Å². The van der Waals surface area contributed by atoms with Crippen molar-refractivity contribution in [3.05, 3.63) is 29.3 Å². The van der Waals surface area contributed by atoms with Gasteiger partial charge in [-0.15, -0.1) is 0 Å². The first kappa shape index (κ1) is 13.5. The number of hydrogen-bond donors (Lipinski definition) is 3. The van der Waals surface area contributed by atoms with Gasteiger partial charge in [0.05, 0.1) is 24.5 Å². The third-order valence-corrected chi connectivity index (χ3v) is 2.85. The van der Waals surface area contributed by atoms with E-state index in [0.717, 1.165) is 11.3 Å². The Balaban J connectivity index is 2.83. The van der Waals surface area contributed by atoms with E-state index >= 15 is 0 Å². The van der Waals surface area contributed by atoms with Crippen molar-refractivity contribution in [3.8, 4) is 6.07 Å². The summed E-state index contributed by atoms with van der Waals surface area (Å²) in [5, 5.41) is 30.5. The van der Waals surface area contributed by atoms with Gasteiger partial charge in [-0.3, -0.25) is 0 Å². The fourth-order valence-electron chi connectivity index (χ4n) is 1.43. The van der Waals surface area contributed by atoms with Crippen LogP contribution in [0.3, 0.4) is 0 Å². The third kappa shape index (κ3) is 3.19. The molecule has 0 spiro atoms. The van der Waals surface area contributed by atoms with Crippen LogP contribution in [0.5, 0.6) is 0 Å². The average molecular weight is 234 g/mol. The predicted octanol–water partition coefficient (Wildman–Crippen LogP) is 1.27. The Morgan fingerprint density at radius 2 is 2.00 bits per heavy atom. The van der Waals surface area contributed by atoms with E-state index in [4.69, 9.17) is 5.26 Å². The molecular formula is C13H18N2O2. The smallest absolute Gasteiger partial charge is 0.102 e. The second-order valence-electron chi connectivity index (χ2n) is 4.59. The molecule has 3 N–H and O–H groups in total. The van der Waals surface area contributed by atoms with Crippen LogP contribution in [0.15, 0.2) is 18.2 Å². The minimum absolute atomic E-state index is 0.107. The zero-order valence-corrected chi connectivity index (χ0v) is 10.2. The Labute approximate surface area is 102 Å². The monoisotopic (exact) mass is 234 g/mol. The number of nitriles is 1. The maximum absolute atomic E-state index is 9.18. The Morgan fingerprint density at radius 3 is 2.53 bits per heavy atom. The van der Waals surface area contributed by atoms with Crippen molar-refractivity contribution in [2.45, 2.75) is 13.8 Å². The molecule has 92 valence electrons. The highest BCUT2D eigenvalue weighted by Gasteiger charge is 2.22. The highest BCUT2D eigenvalue weighted by Crippen LogP contribution is 2.21. The first-order chi connectivity index (χ1) is 8.06. The molecule has 0 bridgehead atoms. The SMILES string of the molecule is Cc1cccc(NCC(C)(CO)CO)c1C#N. The summed E-state index contributed by atoms with van der Waals surface area (Å²) in [4.78, 5) is 0. The van der Waals surface area contributed by atoms with Gasteiger partial charge < -0.3 is 15.5 Å². The summed E-state index contributed by atoms with van der Waals surface area (Å²) in [6, 6.07) is 7.71. The van der Waals surface area contributed by atoms with E-state index in [1.54, 1.807) is 6.92 Å². The van der Waals surface area contributed by atoms with Gasteiger partial charge in [0.15, 0.2) is 0 Å². The largest absolute Gasteiger partial charge is 0.396 e. The van der Waals surface area contributed by atoms with E-state index in [-0.39, 0.29) is 13.2 Å². The average Bonchev–Trinajstić information content (AvgIpc) is 2.36. The lowest BCUT2D eigenvalue weighted by molar-refractivity contribution is 0.0806. The molecule has 1 aromatic rings. The number of nitrogens with zero attached hydrogens (tertiary/aromatic N) is 1. The molecule has 0 unspecified atom stereocenters. The summed E-state index contributed by atoms with van der Waals surface area (Å²) in [6.45, 7) is 3.86. The molecule has 0 aliphatic heterocycles. The summed E-state index contributed by atoms with van der Waals surface area (Å²) in [5.74, 6) is 0. The first-order valence-electron chi connectivity index (χ1n) is 5.51. The van der Waals surface area contributed by atoms with Gasteiger partial charge in [0, 0.05) is 12.0 Å². The van der Waals surface area contributed by atoms with E-state index in [0.29, 0.717) is 12.1 Å². The topological polar surface area (TPSA) is 76.3 Å². The van der Waals surface area contributed by atoms with Gasteiger partial charge >= 0.3 is 0 Å². The third-order valence-electron chi connectivity index (χ3n) is 2.85. The number of rotatable bonds is 5. The number of aliphatic hydroxyl groups excluding tert-OH is 2. The molecule has 1 rings (SSSR count). The number of benzene rings is 1. The van der Waals surface area contributed by atoms with Crippen molar-refractivity contribution in [1.29, 1.82) is 5.26 Å². The quantitative estimate of drug-likeness (QED) is 0.717. The molecule has 0 aromatic heterocycles. The predicted molar refractivity (Wildman–Crippen MR) is 66.7 cm³/mol. The summed E-state index contributed by atoms with van der Waals surface area (Å²) in [5.41, 5.74) is 1.66. The molecule has 0 saturated heterocycles. The lowest BCUT2D eigenvalue weighted by Crippen LogP contribution is -2.34. The van der Waals surface area contributed by atoms with Crippen LogP contribution in [0.2, 0.25) is 0 Å². The van der Waals surface area contributed by atoms with E-state index < -0.39 is 5.41 Å². The van der Waals surface area contributed by atoms with Crippen LogP contribution >= 0.6 is 0 Å². The van der Waals surface area contributed by atoms with E-state index in [9.17, 15) is 10.2 Å². The summed E-state index contributed by atoms with van der Waals surface area (Å²) >= 11 is 0. The van der Waals surface area contributed by atoms with Crippen molar-refractivity contribution in [3.63, 3.8) is 0 Å². The van der Waals surface area contributed by atoms with E-state index in [1.807, 2.05) is 25.1 Å². The van der Waals surface area contributed by atoms with Crippen molar-refractivity contribution in [2.75, 3.05) is 25.1 Å². The molecule has 4 heteroatoms. The van der Waals surface area contributed by atoms with Crippen LogP contribution in [0.1, 0.15) is 18.1 Å². The van der Waals surface area contributed by atoms with Crippen LogP contribution in [-0.2, 0) is 0 Å². The molecule has 0 fully saturated rings. The number of aryl methyl sites for hydroxylation is 1. The molecule has 17 heavy (non-hydrogen) atoms. The number of nitrogens with one attached hydrogen (secondary N) is 1. The molecule has 0 amide bonds. The van der Waals surface area contributed by atoms with Crippen LogP contribution in [0, 0.1) is 23.7 Å². The normalized spacial score (nSPS) is 11.0. The summed E-state index contributed by atoms with van der Waals surface area (Å²) in [7, 11) is 0. The second kappa shape index (κ2) is 5.67. The van der Waals surface area contributed by atoms with Gasteiger partial charge in [-0.05, 0) is 18.6 Å². The van der Waals surface area contributed by atoms with Gasteiger partial charge in [-0.25, -0.2) is 0 Å². The minimum atomic E-state index is -0.587. The number of hydrogen-bond acceptors (Lipinski definition) is 4. The van der Waals surface area contributed by atoms with Gasteiger partial charge in [0.2, 0.25) is 0 Å². The van der Waals surface area contributed by atoms with Gasteiger partial charge in [0.25, 0.3) is 0 Å². The molecule has 0 aliphatic rings. The lowest BCUT2D eigenvalue weighted by Gasteiger charge is -2.25. The molecule has 0 radical (unpaired) electrons. The maximum atomic E-state index is 9.18. The molecule has 0 aliphatic carbocycles. The fraction of sp³-hybridized carbons (Fsp3) is 0.462. The van der Waals surface area contributed by atoms with Crippen LogP contribution < -0.4 is 5.32 Å². The highest BCUT2D eigenvalue weighted by molar-refractivity contribution is 5.60. The molecule has 0 atom stereocenters. The standard InChI is InChI=1S/C13H18N2O2/c1-10-4-3-5-12(11(10)6-14)15-7-13(2,8-16)9-17/h3-5,15-17H,7-9H2,1-2H3. The summed E-state index contributed by atoms with van der Waals surface area (Å²) < 4.78 is 0. The van der Waals surface area contributed by atoms with Gasteiger partial charge in [-0.1, -0.05) is 19.1 Å². The van der Waals surface area contributed by atoms with Crippen molar-refractivity contribution in [1.82, 2.24) is 0 Å².